The summed E-state index contributed by atoms with van der Waals surface area (Å²) in [5.41, 5.74) is 4.75. The lowest BCUT2D eigenvalue weighted by atomic mass is 9.82. The summed E-state index contributed by atoms with van der Waals surface area (Å²) in [7, 11) is 0. The lowest BCUT2D eigenvalue weighted by Crippen LogP contribution is -2.62. The van der Waals surface area contributed by atoms with Crippen LogP contribution >= 0.6 is 11.6 Å². The van der Waals surface area contributed by atoms with Crippen LogP contribution < -0.4 is 21.7 Å². The number of Topliss-reactive ketones (excluding diaryl/α,β-unsaturated/α-hetero) is 1. The number of halogens is 1. The van der Waals surface area contributed by atoms with Gasteiger partial charge >= 0.3 is 0 Å². The summed E-state index contributed by atoms with van der Waals surface area (Å²) in [4.78, 5) is 97.1. The zero-order chi connectivity index (χ0) is 39.5. The van der Waals surface area contributed by atoms with Gasteiger partial charge in [0.1, 0.15) is 23.8 Å². The minimum Gasteiger partial charge on any atom is -0.387 e. The zero-order valence-corrected chi connectivity index (χ0v) is 32.1. The predicted octanol–water partition coefficient (Wildman–Crippen LogP) is 2.84. The van der Waals surface area contributed by atoms with E-state index in [1.54, 1.807) is 39.0 Å². The van der Waals surface area contributed by atoms with Gasteiger partial charge in [-0.25, -0.2) is 4.98 Å². The molecule has 1 spiro atoms. The molecule has 55 heavy (non-hydrogen) atoms. The quantitative estimate of drug-likeness (QED) is 0.220. The fourth-order valence-corrected chi connectivity index (χ4v) is 8.04. The minimum atomic E-state index is -1.16. The Balaban J connectivity index is 1.28. The van der Waals surface area contributed by atoms with E-state index < -0.39 is 70.5 Å². The van der Waals surface area contributed by atoms with Crippen LogP contribution in [0, 0.1) is 17.3 Å². The first-order valence-electron chi connectivity index (χ1n) is 19.0. The van der Waals surface area contributed by atoms with E-state index in [0.717, 1.165) is 37.7 Å². The van der Waals surface area contributed by atoms with Crippen LogP contribution in [0.25, 0.3) is 0 Å². The highest BCUT2D eigenvalue weighted by Gasteiger charge is 2.56. The van der Waals surface area contributed by atoms with Crippen molar-refractivity contribution in [3.8, 4) is 0 Å². The molecule has 2 aliphatic heterocycles. The van der Waals surface area contributed by atoms with Gasteiger partial charge in [-0.2, -0.15) is 0 Å². The topological polar surface area (TPSA) is 215 Å². The van der Waals surface area contributed by atoms with Gasteiger partial charge in [0.25, 0.3) is 11.8 Å². The number of primary amides is 1. The molecule has 3 heterocycles. The Bertz CT molecular complexity index is 1840. The first-order valence-corrected chi connectivity index (χ1v) is 19.3. The van der Waals surface area contributed by atoms with Crippen LogP contribution in [-0.4, -0.2) is 92.2 Å². The molecule has 15 nitrogen and oxygen atoms in total. The van der Waals surface area contributed by atoms with Gasteiger partial charge in [-0.3, -0.25) is 33.8 Å². The van der Waals surface area contributed by atoms with Crippen molar-refractivity contribution in [1.29, 1.82) is 0 Å². The van der Waals surface area contributed by atoms with Crippen molar-refractivity contribution in [2.75, 3.05) is 6.54 Å². The standard InChI is InChI=1S/C39H49ClN8O7/c1-38(2,3)32(46-36(53)30(23-8-5-4-6-9-23)45-34(51)28-20-42-14-15-43-28)37(54)48-21-39(18-27(47-55-39)24-10-7-11-25(40)17-24)19-29(48)35(52)44-26(16-22-12-13-22)31(49)33(41)50/h7,10-11,14-15,17,20,22-23,26,29-30,32H,4-6,8-9,12-13,16,18-19,21H2,1-3H3,(H2,41,50)(H,44,52)(H,45,51)(H,46,53)/t26-,29-,30-,32+,39+/m0/s1. The van der Waals surface area contributed by atoms with Crippen molar-refractivity contribution in [3.05, 3.63) is 59.1 Å². The molecular formula is C39H49ClN8O7. The Hall–Kier alpha value is -4.92. The number of nitrogens with zero attached hydrogens (tertiary/aromatic N) is 4. The van der Waals surface area contributed by atoms with E-state index in [9.17, 15) is 28.8 Å². The van der Waals surface area contributed by atoms with E-state index in [1.807, 2.05) is 6.07 Å². The molecule has 1 aromatic carbocycles. The van der Waals surface area contributed by atoms with Crippen LogP contribution in [0.4, 0.5) is 0 Å². The van der Waals surface area contributed by atoms with Crippen molar-refractivity contribution in [2.24, 2.45) is 28.1 Å². The summed E-state index contributed by atoms with van der Waals surface area (Å²) in [5.74, 6) is -4.38. The number of likely N-dealkylation sites (tertiary alicyclic amines) is 1. The average molecular weight is 777 g/mol. The van der Waals surface area contributed by atoms with Gasteiger partial charge in [0.2, 0.25) is 23.5 Å². The third-order valence-corrected chi connectivity index (χ3v) is 11.2. The normalized spacial score (nSPS) is 22.9. The average Bonchev–Trinajstić information content (AvgIpc) is 3.76. The van der Waals surface area contributed by atoms with Gasteiger partial charge in [-0.15, -0.1) is 0 Å². The van der Waals surface area contributed by atoms with Crippen LogP contribution in [0.3, 0.4) is 0 Å². The summed E-state index contributed by atoms with van der Waals surface area (Å²) in [6, 6.07) is 2.68. The summed E-state index contributed by atoms with van der Waals surface area (Å²) >= 11 is 6.26. The molecule has 0 bridgehead atoms. The van der Waals surface area contributed by atoms with Gasteiger partial charge in [0.05, 0.1) is 24.5 Å². The molecule has 16 heteroatoms. The molecule has 294 valence electrons. The van der Waals surface area contributed by atoms with E-state index in [0.29, 0.717) is 23.6 Å². The fraction of sp³-hybridized carbons (Fsp3) is 0.564. The second-order valence-electron chi connectivity index (χ2n) is 16.4. The van der Waals surface area contributed by atoms with Crippen molar-refractivity contribution >= 4 is 52.6 Å². The number of nitrogens with two attached hydrogens (primary N) is 1. The number of ketones is 1. The predicted molar refractivity (Wildman–Crippen MR) is 201 cm³/mol. The SMILES string of the molecule is CC(C)(C)[C@H](NC(=O)[C@@H](NC(=O)c1cnccn1)C1CCCCC1)C(=O)N1C[C@@]2(CC(c3cccc(Cl)c3)=NO2)C[C@H]1C(=O)N[C@@H](CC1CC1)C(=O)C(N)=O. The van der Waals surface area contributed by atoms with Gasteiger partial charge in [-0.1, -0.05) is 81.8 Å². The number of hydrogen-bond acceptors (Lipinski definition) is 10. The summed E-state index contributed by atoms with van der Waals surface area (Å²) in [6.07, 6.45) is 10.6. The number of rotatable bonds is 13. The number of oxime groups is 1. The summed E-state index contributed by atoms with van der Waals surface area (Å²) in [6.45, 7) is 5.34. The first kappa shape index (κ1) is 39.8. The van der Waals surface area contributed by atoms with Crippen molar-refractivity contribution in [1.82, 2.24) is 30.8 Å². The van der Waals surface area contributed by atoms with Crippen LogP contribution in [0.15, 0.2) is 48.0 Å². The Labute approximate surface area is 324 Å². The van der Waals surface area contributed by atoms with Crippen molar-refractivity contribution in [3.63, 3.8) is 0 Å². The summed E-state index contributed by atoms with van der Waals surface area (Å²) in [5, 5.41) is 13.4. The van der Waals surface area contributed by atoms with Crippen LogP contribution in [0.5, 0.6) is 0 Å². The molecule has 2 aromatic rings. The monoisotopic (exact) mass is 776 g/mol. The molecule has 1 saturated heterocycles. The molecule has 5 atom stereocenters. The van der Waals surface area contributed by atoms with Gasteiger partial charge in [0.15, 0.2) is 5.60 Å². The number of aromatic nitrogens is 2. The summed E-state index contributed by atoms with van der Waals surface area (Å²) < 4.78 is 0. The van der Waals surface area contributed by atoms with Crippen LogP contribution in [0.1, 0.15) is 101 Å². The highest BCUT2D eigenvalue weighted by molar-refractivity contribution is 6.38. The Morgan fingerprint density at radius 1 is 1.02 bits per heavy atom. The smallest absolute Gasteiger partial charge is 0.287 e. The first-order chi connectivity index (χ1) is 26.1. The molecule has 0 radical (unpaired) electrons. The van der Waals surface area contributed by atoms with Crippen LogP contribution in [0.2, 0.25) is 5.02 Å². The third kappa shape index (κ3) is 9.49. The Morgan fingerprint density at radius 2 is 1.76 bits per heavy atom. The molecule has 5 N–H and O–H groups in total. The maximum absolute atomic E-state index is 14.9. The number of carbonyl (C=O) groups is 6. The number of nitrogens with one attached hydrogen (secondary N) is 3. The third-order valence-electron chi connectivity index (χ3n) is 11.0. The lowest BCUT2D eigenvalue weighted by molar-refractivity contribution is -0.145. The highest BCUT2D eigenvalue weighted by atomic mass is 35.5. The molecule has 4 aliphatic rings. The van der Waals surface area contributed by atoms with Crippen molar-refractivity contribution < 1.29 is 33.6 Å². The minimum absolute atomic E-state index is 0.0166. The van der Waals surface area contributed by atoms with E-state index >= 15 is 0 Å². The van der Waals surface area contributed by atoms with E-state index in [2.05, 4.69) is 31.1 Å². The van der Waals surface area contributed by atoms with E-state index in [-0.39, 0.29) is 43.3 Å². The maximum atomic E-state index is 14.9. The van der Waals surface area contributed by atoms with E-state index in [4.69, 9.17) is 22.2 Å². The number of carbonyl (C=O) groups excluding carboxylic acids is 6. The fourth-order valence-electron chi connectivity index (χ4n) is 7.85. The largest absolute Gasteiger partial charge is 0.387 e. The molecular weight excluding hydrogens is 728 g/mol. The second-order valence-corrected chi connectivity index (χ2v) is 16.8. The number of benzene rings is 1. The maximum Gasteiger partial charge on any atom is 0.287 e. The molecule has 5 amide bonds. The van der Waals surface area contributed by atoms with E-state index in [1.165, 1.54) is 23.5 Å². The molecule has 3 fully saturated rings. The van der Waals surface area contributed by atoms with Gasteiger partial charge in [-0.05, 0) is 48.6 Å². The number of hydrogen-bond donors (Lipinski definition) is 4. The second kappa shape index (κ2) is 16.4. The lowest BCUT2D eigenvalue weighted by Gasteiger charge is -2.37. The van der Waals surface area contributed by atoms with Gasteiger partial charge < -0.3 is 31.4 Å². The molecule has 6 rings (SSSR count). The Morgan fingerprint density at radius 3 is 2.40 bits per heavy atom. The number of amides is 5. The van der Waals surface area contributed by atoms with Crippen LogP contribution in [-0.2, 0) is 28.8 Å². The molecule has 2 saturated carbocycles. The molecule has 0 unspecified atom stereocenters. The highest BCUT2D eigenvalue weighted by Crippen LogP contribution is 2.41. The zero-order valence-electron chi connectivity index (χ0n) is 31.4. The molecule has 2 aliphatic carbocycles. The Kier molecular flexibility index (Phi) is 11.9. The van der Waals surface area contributed by atoms with Gasteiger partial charge in [0, 0.05) is 35.8 Å². The molecule has 1 aromatic heterocycles. The van der Waals surface area contributed by atoms with Crippen molar-refractivity contribution in [2.45, 2.75) is 115 Å².